The summed E-state index contributed by atoms with van der Waals surface area (Å²) in [6.07, 6.45) is 0.490. The number of aliphatic imine (C=N–C) groups is 1. The molecule has 1 aromatic rings. The standard InChI is InChI=1S/C20H32N6O.HI/c1-16(25-11-9-24(3)10-12-25)14-22-20(21-2)23-17-13-19(27)26(15-17)18-7-5-4-6-8-18;/h4-8,16-17H,9-15H2,1-3H3,(H2,21,22,23);1H. The van der Waals surface area contributed by atoms with Crippen LogP contribution in [-0.2, 0) is 4.79 Å². The van der Waals surface area contributed by atoms with Crippen LogP contribution in [0, 0.1) is 0 Å². The van der Waals surface area contributed by atoms with Gasteiger partial charge in [0.15, 0.2) is 5.96 Å². The van der Waals surface area contributed by atoms with Crippen LogP contribution < -0.4 is 15.5 Å². The van der Waals surface area contributed by atoms with Crippen LogP contribution in [0.15, 0.2) is 35.3 Å². The first-order valence-electron chi connectivity index (χ1n) is 9.82. The van der Waals surface area contributed by atoms with Gasteiger partial charge in [-0.15, -0.1) is 24.0 Å². The molecule has 28 heavy (non-hydrogen) atoms. The molecule has 2 fully saturated rings. The zero-order chi connectivity index (χ0) is 19.2. The van der Waals surface area contributed by atoms with Gasteiger partial charge in [0.05, 0.1) is 6.04 Å². The van der Waals surface area contributed by atoms with Crippen molar-refractivity contribution in [1.29, 1.82) is 0 Å². The van der Waals surface area contributed by atoms with Crippen molar-refractivity contribution < 1.29 is 4.79 Å². The zero-order valence-corrected chi connectivity index (χ0v) is 19.4. The smallest absolute Gasteiger partial charge is 0.229 e. The predicted molar refractivity (Wildman–Crippen MR) is 126 cm³/mol. The Balaban J connectivity index is 0.00000280. The molecule has 0 spiro atoms. The average Bonchev–Trinajstić information content (AvgIpc) is 3.06. The van der Waals surface area contributed by atoms with Crippen molar-refractivity contribution in [2.24, 2.45) is 4.99 Å². The largest absolute Gasteiger partial charge is 0.355 e. The maximum atomic E-state index is 12.4. The van der Waals surface area contributed by atoms with E-state index in [0.29, 0.717) is 19.0 Å². The number of nitrogens with one attached hydrogen (secondary N) is 2. The van der Waals surface area contributed by atoms with Crippen molar-refractivity contribution >= 4 is 41.5 Å². The van der Waals surface area contributed by atoms with Gasteiger partial charge in [-0.1, -0.05) is 18.2 Å². The summed E-state index contributed by atoms with van der Waals surface area (Å²) >= 11 is 0. The summed E-state index contributed by atoms with van der Waals surface area (Å²) in [7, 11) is 3.95. The molecule has 2 atom stereocenters. The van der Waals surface area contributed by atoms with E-state index in [2.05, 4.69) is 39.4 Å². The Morgan fingerprint density at radius 2 is 1.89 bits per heavy atom. The van der Waals surface area contributed by atoms with Crippen molar-refractivity contribution in [2.75, 3.05) is 58.3 Å². The van der Waals surface area contributed by atoms with Gasteiger partial charge in [0.2, 0.25) is 5.91 Å². The summed E-state index contributed by atoms with van der Waals surface area (Å²) in [4.78, 5) is 23.4. The number of para-hydroxylation sites is 1. The average molecular weight is 500 g/mol. The number of piperazine rings is 1. The molecule has 156 valence electrons. The lowest BCUT2D eigenvalue weighted by atomic mass is 10.2. The lowest BCUT2D eigenvalue weighted by Gasteiger charge is -2.36. The van der Waals surface area contributed by atoms with Crippen molar-refractivity contribution in [2.45, 2.75) is 25.4 Å². The maximum Gasteiger partial charge on any atom is 0.229 e. The Labute approximate surface area is 185 Å². The topological polar surface area (TPSA) is 63.2 Å². The molecular weight excluding hydrogens is 467 g/mol. The summed E-state index contributed by atoms with van der Waals surface area (Å²) in [5.41, 5.74) is 0.957. The Morgan fingerprint density at radius 1 is 1.21 bits per heavy atom. The molecule has 2 N–H and O–H groups in total. The number of benzene rings is 1. The number of carbonyl (C=O) groups is 1. The van der Waals surface area contributed by atoms with Crippen LogP contribution in [0.25, 0.3) is 0 Å². The second kappa shape index (κ2) is 11.0. The second-order valence-electron chi connectivity index (χ2n) is 7.53. The summed E-state index contributed by atoms with van der Waals surface area (Å²) in [6, 6.07) is 10.4. The third-order valence-electron chi connectivity index (χ3n) is 5.48. The molecule has 2 aliphatic rings. The van der Waals surface area contributed by atoms with Gasteiger partial charge in [-0.05, 0) is 26.1 Å². The first-order chi connectivity index (χ1) is 13.1. The van der Waals surface area contributed by atoms with Crippen molar-refractivity contribution in [3.05, 3.63) is 30.3 Å². The zero-order valence-electron chi connectivity index (χ0n) is 17.1. The highest BCUT2D eigenvalue weighted by Gasteiger charge is 2.31. The lowest BCUT2D eigenvalue weighted by Crippen LogP contribution is -2.53. The summed E-state index contributed by atoms with van der Waals surface area (Å²) in [5.74, 6) is 0.920. The lowest BCUT2D eigenvalue weighted by molar-refractivity contribution is -0.117. The highest BCUT2D eigenvalue weighted by molar-refractivity contribution is 14.0. The fourth-order valence-electron chi connectivity index (χ4n) is 3.69. The molecule has 2 unspecified atom stereocenters. The number of hydrogen-bond donors (Lipinski definition) is 2. The first-order valence-corrected chi connectivity index (χ1v) is 9.82. The van der Waals surface area contributed by atoms with E-state index in [0.717, 1.165) is 44.4 Å². The number of likely N-dealkylation sites (N-methyl/N-ethyl adjacent to an activating group) is 1. The highest BCUT2D eigenvalue weighted by atomic mass is 127. The van der Waals surface area contributed by atoms with E-state index in [1.54, 1.807) is 7.05 Å². The third-order valence-corrected chi connectivity index (χ3v) is 5.48. The Hall–Kier alpha value is -1.39. The Bertz CT molecular complexity index is 647. The normalized spacial score (nSPS) is 22.7. The van der Waals surface area contributed by atoms with E-state index in [1.165, 1.54) is 0 Å². The predicted octanol–water partition coefficient (Wildman–Crippen LogP) is 1.21. The molecule has 0 bridgehead atoms. The first kappa shape index (κ1) is 22.9. The molecule has 1 aromatic carbocycles. The number of amides is 1. The third kappa shape index (κ3) is 6.05. The fraction of sp³-hybridized carbons (Fsp3) is 0.600. The van der Waals surface area contributed by atoms with E-state index >= 15 is 0 Å². The van der Waals surface area contributed by atoms with Gasteiger partial charge in [0.25, 0.3) is 0 Å². The minimum Gasteiger partial charge on any atom is -0.355 e. The van der Waals surface area contributed by atoms with E-state index in [1.807, 2.05) is 35.2 Å². The molecule has 2 aliphatic heterocycles. The van der Waals surface area contributed by atoms with E-state index in [-0.39, 0.29) is 35.9 Å². The quantitative estimate of drug-likeness (QED) is 0.362. The summed E-state index contributed by atoms with van der Waals surface area (Å²) in [5, 5.41) is 6.84. The SMILES string of the molecule is CN=C(NCC(C)N1CCN(C)CC1)NC1CC(=O)N(c2ccccc2)C1.I. The number of nitrogens with zero attached hydrogens (tertiary/aromatic N) is 4. The van der Waals surface area contributed by atoms with Gasteiger partial charge in [0, 0.05) is 64.5 Å². The molecule has 0 aliphatic carbocycles. The van der Waals surface area contributed by atoms with Gasteiger partial charge in [-0.3, -0.25) is 14.7 Å². The van der Waals surface area contributed by atoms with E-state index in [9.17, 15) is 4.79 Å². The molecule has 7 nitrogen and oxygen atoms in total. The Morgan fingerprint density at radius 3 is 2.54 bits per heavy atom. The molecular formula is C20H33IN6O. The van der Waals surface area contributed by atoms with E-state index < -0.39 is 0 Å². The molecule has 2 saturated heterocycles. The molecule has 8 heteroatoms. The van der Waals surface area contributed by atoms with Crippen molar-refractivity contribution in [1.82, 2.24) is 20.4 Å². The number of rotatable bonds is 5. The van der Waals surface area contributed by atoms with Crippen LogP contribution in [0.5, 0.6) is 0 Å². The molecule has 2 heterocycles. The number of hydrogen-bond acceptors (Lipinski definition) is 4. The van der Waals surface area contributed by atoms with E-state index in [4.69, 9.17) is 0 Å². The van der Waals surface area contributed by atoms with Crippen LogP contribution in [0.3, 0.4) is 0 Å². The monoisotopic (exact) mass is 500 g/mol. The summed E-state index contributed by atoms with van der Waals surface area (Å²) in [6.45, 7) is 8.21. The number of carbonyl (C=O) groups excluding carboxylic acids is 1. The van der Waals surface area contributed by atoms with Gasteiger partial charge in [-0.25, -0.2) is 0 Å². The summed E-state index contributed by atoms with van der Waals surface area (Å²) < 4.78 is 0. The van der Waals surface area contributed by atoms with Crippen LogP contribution in [0.4, 0.5) is 5.69 Å². The fourth-order valence-corrected chi connectivity index (χ4v) is 3.69. The second-order valence-corrected chi connectivity index (χ2v) is 7.53. The van der Waals surface area contributed by atoms with Crippen LogP contribution in [-0.4, -0.2) is 87.1 Å². The molecule has 3 rings (SSSR count). The molecule has 1 amide bonds. The van der Waals surface area contributed by atoms with Gasteiger partial charge in [0.1, 0.15) is 0 Å². The minimum absolute atomic E-state index is 0. The molecule has 0 aromatic heterocycles. The van der Waals surface area contributed by atoms with Gasteiger partial charge in [-0.2, -0.15) is 0 Å². The number of guanidine groups is 1. The molecule has 0 radical (unpaired) electrons. The number of halogens is 1. The van der Waals surface area contributed by atoms with Crippen LogP contribution >= 0.6 is 24.0 Å². The van der Waals surface area contributed by atoms with Crippen LogP contribution in [0.1, 0.15) is 13.3 Å². The minimum atomic E-state index is 0. The van der Waals surface area contributed by atoms with Gasteiger partial charge >= 0.3 is 0 Å². The Kier molecular flexibility index (Phi) is 8.97. The van der Waals surface area contributed by atoms with Crippen molar-refractivity contribution in [3.63, 3.8) is 0 Å². The van der Waals surface area contributed by atoms with Crippen LogP contribution in [0.2, 0.25) is 0 Å². The maximum absolute atomic E-state index is 12.4. The number of anilines is 1. The molecule has 0 saturated carbocycles. The van der Waals surface area contributed by atoms with Gasteiger partial charge < -0.3 is 20.4 Å². The highest BCUT2D eigenvalue weighted by Crippen LogP contribution is 2.20. The van der Waals surface area contributed by atoms with Crippen molar-refractivity contribution in [3.8, 4) is 0 Å².